The molecule has 0 radical (unpaired) electrons. The van der Waals surface area contributed by atoms with Gasteiger partial charge in [0, 0.05) is 6.42 Å². The summed E-state index contributed by atoms with van der Waals surface area (Å²) in [5, 5.41) is 9.34. The minimum absolute atomic E-state index is 0.227. The van der Waals surface area contributed by atoms with Crippen molar-refractivity contribution in [3.05, 3.63) is 0 Å². The minimum atomic E-state index is -0.710. The second-order valence-electron chi connectivity index (χ2n) is 2.47. The van der Waals surface area contributed by atoms with Crippen LogP contribution in [0.15, 0.2) is 0 Å². The summed E-state index contributed by atoms with van der Waals surface area (Å²) in [6.45, 7) is 1.89. The van der Waals surface area contributed by atoms with E-state index in [0.717, 1.165) is 0 Å². The topological polar surface area (TPSA) is 37.3 Å². The second-order valence-corrected chi connectivity index (χ2v) is 3.03. The largest absolute Gasteiger partial charge is 0.481 e. The maximum atomic E-state index is 10.5. The summed E-state index contributed by atoms with van der Waals surface area (Å²) in [7, 11) is 0. The highest BCUT2D eigenvalue weighted by Crippen LogP contribution is 2.09. The van der Waals surface area contributed by atoms with Crippen molar-refractivity contribution in [2.24, 2.45) is 5.92 Å². The Hall–Kier alpha value is -0.490. The molecule has 68 valence electrons. The number of carboxylic acids is 1. The van der Waals surface area contributed by atoms with Crippen molar-refractivity contribution in [1.29, 1.82) is 0 Å². The molecule has 1 N–H and O–H groups in total. The highest BCUT2D eigenvalue weighted by molar-refractivity contribution is 9.09. The maximum Gasteiger partial charge on any atom is 0.306 e. The monoisotopic (exact) mass is 232 g/mol. The molecule has 0 spiro atoms. The van der Waals surface area contributed by atoms with E-state index in [1.165, 1.54) is 0 Å². The lowest BCUT2D eigenvalue weighted by Gasteiger charge is -2.05. The van der Waals surface area contributed by atoms with Gasteiger partial charge in [0.05, 0.1) is 11.2 Å². The van der Waals surface area contributed by atoms with Crippen LogP contribution in [0.1, 0.15) is 26.2 Å². The van der Waals surface area contributed by atoms with Gasteiger partial charge >= 0.3 is 5.97 Å². The van der Waals surface area contributed by atoms with E-state index in [-0.39, 0.29) is 5.92 Å². The van der Waals surface area contributed by atoms with Crippen LogP contribution in [0, 0.1) is 17.8 Å². The molecule has 0 aliphatic rings. The highest BCUT2D eigenvalue weighted by Gasteiger charge is 2.12. The van der Waals surface area contributed by atoms with Gasteiger partial charge in [-0.2, -0.15) is 0 Å². The minimum Gasteiger partial charge on any atom is -0.481 e. The predicted octanol–water partition coefficient (Wildman–Crippen LogP) is 2.28. The maximum absolute atomic E-state index is 10.5. The fourth-order valence-corrected chi connectivity index (χ4v) is 1.08. The van der Waals surface area contributed by atoms with E-state index in [9.17, 15) is 4.79 Å². The first-order chi connectivity index (χ1) is 5.72. The molecule has 0 amide bonds. The van der Waals surface area contributed by atoms with Crippen LogP contribution < -0.4 is 0 Å². The Labute approximate surface area is 81.5 Å². The average molecular weight is 233 g/mol. The number of halogens is 1. The second kappa shape index (κ2) is 7.17. The van der Waals surface area contributed by atoms with Crippen molar-refractivity contribution < 1.29 is 9.90 Å². The van der Waals surface area contributed by atoms with Crippen molar-refractivity contribution >= 4 is 21.9 Å². The molecule has 0 heterocycles. The first kappa shape index (κ1) is 11.5. The van der Waals surface area contributed by atoms with Gasteiger partial charge in [-0.05, 0) is 12.8 Å². The first-order valence-corrected chi connectivity index (χ1v) is 5.09. The van der Waals surface area contributed by atoms with Crippen LogP contribution >= 0.6 is 15.9 Å². The molecular weight excluding hydrogens is 220 g/mol. The number of hydrogen-bond acceptors (Lipinski definition) is 1. The molecule has 0 bridgehead atoms. The van der Waals surface area contributed by atoms with E-state index < -0.39 is 5.97 Å². The molecule has 3 heteroatoms. The van der Waals surface area contributed by atoms with Crippen LogP contribution in [0.5, 0.6) is 0 Å². The Morgan fingerprint density at radius 2 is 2.25 bits per heavy atom. The zero-order valence-corrected chi connectivity index (χ0v) is 8.73. The zero-order valence-electron chi connectivity index (χ0n) is 7.14. The fraction of sp³-hybridized carbons (Fsp3) is 0.667. The number of hydrogen-bond donors (Lipinski definition) is 1. The number of aliphatic carboxylic acids is 1. The first-order valence-electron chi connectivity index (χ1n) is 3.96. The van der Waals surface area contributed by atoms with Gasteiger partial charge in [-0.1, -0.05) is 28.8 Å². The van der Waals surface area contributed by atoms with Gasteiger partial charge in [0.25, 0.3) is 0 Å². The van der Waals surface area contributed by atoms with E-state index in [1.807, 2.05) is 6.92 Å². The third kappa shape index (κ3) is 5.20. The van der Waals surface area contributed by atoms with Crippen LogP contribution in [0.2, 0.25) is 0 Å². The van der Waals surface area contributed by atoms with Gasteiger partial charge in [-0.25, -0.2) is 0 Å². The van der Waals surface area contributed by atoms with E-state index in [1.54, 1.807) is 0 Å². The fourth-order valence-electron chi connectivity index (χ4n) is 0.884. The Morgan fingerprint density at radius 3 is 2.67 bits per heavy atom. The van der Waals surface area contributed by atoms with Crippen molar-refractivity contribution in [2.45, 2.75) is 26.2 Å². The molecular formula is C9H13BrO2. The Balaban J connectivity index is 3.66. The highest BCUT2D eigenvalue weighted by atomic mass is 79.9. The summed E-state index contributed by atoms with van der Waals surface area (Å²) in [5.41, 5.74) is 0. The summed E-state index contributed by atoms with van der Waals surface area (Å²) >= 11 is 3.17. The van der Waals surface area contributed by atoms with Crippen molar-refractivity contribution in [3.8, 4) is 11.8 Å². The molecule has 2 nitrogen and oxygen atoms in total. The van der Waals surface area contributed by atoms with Gasteiger partial charge in [0.2, 0.25) is 0 Å². The van der Waals surface area contributed by atoms with Crippen LogP contribution in [-0.2, 0) is 4.79 Å². The lowest BCUT2D eigenvalue weighted by Crippen LogP contribution is -2.11. The summed E-state index contributed by atoms with van der Waals surface area (Å²) in [5.74, 6) is 4.80. The van der Waals surface area contributed by atoms with Crippen LogP contribution in [0.25, 0.3) is 0 Å². The predicted molar refractivity (Wildman–Crippen MR) is 52.2 cm³/mol. The number of rotatable bonds is 4. The van der Waals surface area contributed by atoms with E-state index >= 15 is 0 Å². The van der Waals surface area contributed by atoms with Crippen LogP contribution in [0.4, 0.5) is 0 Å². The zero-order chi connectivity index (χ0) is 9.40. The molecule has 0 aromatic rings. The lowest BCUT2D eigenvalue weighted by atomic mass is 10.0. The van der Waals surface area contributed by atoms with Gasteiger partial charge in [0.1, 0.15) is 0 Å². The molecule has 0 fully saturated rings. The summed E-state index contributed by atoms with van der Waals surface area (Å²) < 4.78 is 0. The molecule has 0 rings (SSSR count). The van der Waals surface area contributed by atoms with E-state index in [2.05, 4.69) is 27.8 Å². The molecule has 1 atom stereocenters. The molecule has 0 aliphatic carbocycles. The third-order valence-electron chi connectivity index (χ3n) is 1.65. The van der Waals surface area contributed by atoms with Crippen LogP contribution in [-0.4, -0.2) is 16.4 Å². The molecule has 0 saturated heterocycles. The number of alkyl halides is 1. The lowest BCUT2D eigenvalue weighted by molar-refractivity contribution is -0.142. The Kier molecular flexibility index (Phi) is 6.88. The molecule has 1 unspecified atom stereocenters. The van der Waals surface area contributed by atoms with Gasteiger partial charge in [0.15, 0.2) is 0 Å². The molecule has 0 aliphatic heterocycles. The van der Waals surface area contributed by atoms with Gasteiger partial charge in [-0.3, -0.25) is 4.79 Å². The molecule has 0 aromatic heterocycles. The number of carbonyl (C=O) groups is 1. The van der Waals surface area contributed by atoms with Crippen LogP contribution in [0.3, 0.4) is 0 Å². The molecule has 12 heavy (non-hydrogen) atoms. The Bertz CT molecular complexity index is 190. The number of carboxylic acid groups (broad SMARTS) is 1. The van der Waals surface area contributed by atoms with Crippen molar-refractivity contribution in [2.75, 3.05) is 5.33 Å². The van der Waals surface area contributed by atoms with E-state index in [4.69, 9.17) is 5.11 Å². The average Bonchev–Trinajstić information content (AvgIpc) is 2.04. The summed E-state index contributed by atoms with van der Waals surface area (Å²) in [6, 6.07) is 0. The third-order valence-corrected chi connectivity index (χ3v) is 1.93. The standard InChI is InChI=1S/C9H13BrO2/c1-2-8(9(11)12)6-4-3-5-7-10/h8H,2,4,6-7H2,1H3,(H,11,12). The normalized spacial score (nSPS) is 11.5. The summed E-state index contributed by atoms with van der Waals surface area (Å²) in [4.78, 5) is 10.5. The molecule has 0 saturated carbocycles. The quantitative estimate of drug-likeness (QED) is 0.597. The van der Waals surface area contributed by atoms with Gasteiger partial charge < -0.3 is 5.11 Å². The van der Waals surface area contributed by atoms with Gasteiger partial charge in [-0.15, -0.1) is 5.92 Å². The molecule has 0 aromatic carbocycles. The van der Waals surface area contributed by atoms with E-state index in [0.29, 0.717) is 24.6 Å². The smallest absolute Gasteiger partial charge is 0.306 e. The Morgan fingerprint density at radius 1 is 1.58 bits per heavy atom. The summed E-state index contributed by atoms with van der Waals surface area (Å²) in [6.07, 6.45) is 2.02. The SMILES string of the molecule is CCC(CCC#CCBr)C(=O)O. The van der Waals surface area contributed by atoms with Crippen molar-refractivity contribution in [3.63, 3.8) is 0 Å². The van der Waals surface area contributed by atoms with Crippen molar-refractivity contribution in [1.82, 2.24) is 0 Å².